The van der Waals surface area contributed by atoms with Gasteiger partial charge in [0.2, 0.25) is 5.95 Å². The van der Waals surface area contributed by atoms with Gasteiger partial charge in [-0.15, -0.1) is 0 Å². The number of fused-ring (bicyclic) bond motifs is 1. The average molecular weight is 464 g/mol. The van der Waals surface area contributed by atoms with E-state index < -0.39 is 0 Å². The second kappa shape index (κ2) is 9.77. The number of anilines is 3. The van der Waals surface area contributed by atoms with Crippen molar-refractivity contribution in [3.05, 3.63) is 78.3 Å². The molecule has 0 atom stereocenters. The first kappa shape index (κ1) is 22.3. The van der Waals surface area contributed by atoms with Crippen LogP contribution in [0.25, 0.3) is 27.1 Å². The van der Waals surface area contributed by atoms with Crippen LogP contribution in [-0.4, -0.2) is 39.0 Å². The minimum Gasteiger partial charge on any atom is -0.371 e. The third-order valence-corrected chi connectivity index (χ3v) is 6.12. The molecule has 0 radical (unpaired) electrons. The van der Waals surface area contributed by atoms with E-state index in [9.17, 15) is 4.79 Å². The number of allylic oxidation sites excluding steroid dienone is 1. The summed E-state index contributed by atoms with van der Waals surface area (Å²) >= 11 is 0. The molecule has 0 spiro atoms. The number of H-pyrrole nitrogens is 1. The summed E-state index contributed by atoms with van der Waals surface area (Å²) in [5.74, 6) is 0.314. The lowest BCUT2D eigenvalue weighted by Gasteiger charge is -2.29. The third-order valence-electron chi connectivity index (χ3n) is 6.12. The zero-order valence-electron chi connectivity index (χ0n) is 19.3. The fourth-order valence-electron chi connectivity index (χ4n) is 4.42. The number of benzene rings is 2. The Kier molecular flexibility index (Phi) is 6.22. The maximum Gasteiger partial charge on any atom is 0.229 e. The highest BCUT2D eigenvalue weighted by atomic mass is 16.1. The van der Waals surface area contributed by atoms with E-state index in [1.807, 2.05) is 18.2 Å². The van der Waals surface area contributed by atoms with Gasteiger partial charge < -0.3 is 10.2 Å². The number of carbonyl (C=O) groups excluding carboxylic acids is 1. The molecule has 1 aliphatic heterocycles. The molecule has 2 N–H and O–H groups in total. The molecule has 8 heteroatoms. The van der Waals surface area contributed by atoms with Gasteiger partial charge in [-0.25, -0.2) is 9.83 Å². The number of aromatic amines is 1. The van der Waals surface area contributed by atoms with Gasteiger partial charge in [0.15, 0.2) is 17.1 Å². The monoisotopic (exact) mass is 463 g/mol. The Labute approximate surface area is 203 Å². The van der Waals surface area contributed by atoms with E-state index in [4.69, 9.17) is 11.6 Å². The molecule has 0 saturated carbocycles. The van der Waals surface area contributed by atoms with Crippen LogP contribution in [-0.2, 0) is 11.2 Å². The van der Waals surface area contributed by atoms with Gasteiger partial charge >= 0.3 is 0 Å². The number of piperidine rings is 1. The summed E-state index contributed by atoms with van der Waals surface area (Å²) in [4.78, 5) is 27.3. The number of hydrogen-bond donors (Lipinski definition) is 2. The van der Waals surface area contributed by atoms with E-state index in [0.717, 1.165) is 35.3 Å². The first-order valence-electron chi connectivity index (χ1n) is 11.6. The second-order valence-corrected chi connectivity index (χ2v) is 8.60. The lowest BCUT2D eigenvalue weighted by Crippen LogP contribution is -2.29. The molecule has 1 aliphatic rings. The molecule has 1 saturated heterocycles. The number of ketones is 1. The molecule has 4 aromatic rings. The van der Waals surface area contributed by atoms with Gasteiger partial charge in [-0.3, -0.25) is 9.89 Å². The van der Waals surface area contributed by atoms with Gasteiger partial charge in [-0.2, -0.15) is 10.1 Å². The van der Waals surface area contributed by atoms with Crippen molar-refractivity contribution in [1.29, 1.82) is 0 Å². The smallest absolute Gasteiger partial charge is 0.229 e. The normalized spacial score (nSPS) is 13.4. The minimum atomic E-state index is -0.106. The quantitative estimate of drug-likeness (QED) is 0.274. The highest BCUT2D eigenvalue weighted by Crippen LogP contribution is 2.32. The minimum absolute atomic E-state index is 0.106. The van der Waals surface area contributed by atoms with Crippen LogP contribution in [0.4, 0.5) is 23.0 Å². The van der Waals surface area contributed by atoms with Crippen molar-refractivity contribution in [1.82, 2.24) is 20.2 Å². The van der Waals surface area contributed by atoms with E-state index in [0.29, 0.717) is 23.0 Å². The number of hydrogen-bond acceptors (Lipinski definition) is 6. The van der Waals surface area contributed by atoms with E-state index in [1.165, 1.54) is 31.0 Å². The Hall–Kier alpha value is -4.51. The molecule has 2 aromatic heterocycles. The highest BCUT2D eigenvalue weighted by molar-refractivity contribution is 5.93. The van der Waals surface area contributed by atoms with E-state index in [2.05, 4.69) is 49.0 Å². The SMILES string of the molecule is [C-]#[N+]c1cc(CC(=O)C=C)cc(-c2nc(Nc3cccc(N4CCCCC4)c3)nc3[nH]ncc23)c1. The molecule has 35 heavy (non-hydrogen) atoms. The van der Waals surface area contributed by atoms with Gasteiger partial charge in [-0.1, -0.05) is 30.3 Å². The van der Waals surface area contributed by atoms with Crippen LogP contribution in [0.15, 0.2) is 61.3 Å². The van der Waals surface area contributed by atoms with Gasteiger partial charge in [0.05, 0.1) is 23.8 Å². The highest BCUT2D eigenvalue weighted by Gasteiger charge is 2.15. The number of carbonyl (C=O) groups is 1. The predicted octanol–water partition coefficient (Wildman–Crippen LogP) is 5.60. The van der Waals surface area contributed by atoms with E-state index in [-0.39, 0.29) is 12.2 Å². The van der Waals surface area contributed by atoms with Crippen LogP contribution in [0.1, 0.15) is 24.8 Å². The molecule has 2 aromatic carbocycles. The number of aromatic nitrogens is 4. The van der Waals surface area contributed by atoms with Crippen molar-refractivity contribution in [2.75, 3.05) is 23.3 Å². The summed E-state index contributed by atoms with van der Waals surface area (Å²) in [6.07, 6.45) is 6.85. The van der Waals surface area contributed by atoms with Crippen molar-refractivity contribution < 1.29 is 4.79 Å². The molecular formula is C27H25N7O. The van der Waals surface area contributed by atoms with Crippen LogP contribution < -0.4 is 10.2 Å². The van der Waals surface area contributed by atoms with Crippen LogP contribution in [0.2, 0.25) is 0 Å². The van der Waals surface area contributed by atoms with Crippen LogP contribution in [0.3, 0.4) is 0 Å². The van der Waals surface area contributed by atoms with E-state index >= 15 is 0 Å². The van der Waals surface area contributed by atoms with Gasteiger partial charge in [0.1, 0.15) is 0 Å². The number of nitrogens with zero attached hydrogens (tertiary/aromatic N) is 5. The van der Waals surface area contributed by atoms with Crippen molar-refractivity contribution in [2.24, 2.45) is 0 Å². The van der Waals surface area contributed by atoms with Crippen molar-refractivity contribution in [3.63, 3.8) is 0 Å². The summed E-state index contributed by atoms with van der Waals surface area (Å²) in [6, 6.07) is 13.6. The van der Waals surface area contributed by atoms with Gasteiger partial charge in [0, 0.05) is 30.9 Å². The maximum absolute atomic E-state index is 11.9. The third kappa shape index (κ3) is 4.89. The average Bonchev–Trinajstić information content (AvgIpc) is 3.37. The predicted molar refractivity (Wildman–Crippen MR) is 138 cm³/mol. The molecular weight excluding hydrogens is 438 g/mol. The summed E-state index contributed by atoms with van der Waals surface area (Å²) in [7, 11) is 0. The maximum atomic E-state index is 11.9. The lowest BCUT2D eigenvalue weighted by atomic mass is 10.0. The molecule has 0 unspecified atom stereocenters. The van der Waals surface area contributed by atoms with Crippen molar-refractivity contribution in [3.8, 4) is 11.3 Å². The largest absolute Gasteiger partial charge is 0.371 e. The summed E-state index contributed by atoms with van der Waals surface area (Å²) < 4.78 is 0. The Balaban J connectivity index is 1.52. The van der Waals surface area contributed by atoms with Crippen LogP contribution >= 0.6 is 0 Å². The number of nitrogens with one attached hydrogen (secondary N) is 2. The topological polar surface area (TPSA) is 91.2 Å². The van der Waals surface area contributed by atoms with Gasteiger partial charge in [0.25, 0.3) is 0 Å². The molecule has 0 bridgehead atoms. The summed E-state index contributed by atoms with van der Waals surface area (Å²) in [5.41, 5.74) is 5.19. The fraction of sp³-hybridized carbons (Fsp3) is 0.222. The molecule has 0 amide bonds. The Morgan fingerprint density at radius 3 is 2.83 bits per heavy atom. The number of rotatable bonds is 7. The fourth-order valence-corrected chi connectivity index (χ4v) is 4.42. The Morgan fingerprint density at radius 2 is 2.03 bits per heavy atom. The second-order valence-electron chi connectivity index (χ2n) is 8.60. The lowest BCUT2D eigenvalue weighted by molar-refractivity contribution is -0.114. The Morgan fingerprint density at radius 1 is 1.17 bits per heavy atom. The van der Waals surface area contributed by atoms with E-state index in [1.54, 1.807) is 18.3 Å². The first-order valence-corrected chi connectivity index (χ1v) is 11.6. The molecule has 5 rings (SSSR count). The molecule has 1 fully saturated rings. The molecule has 8 nitrogen and oxygen atoms in total. The van der Waals surface area contributed by atoms with Crippen LogP contribution in [0, 0.1) is 6.57 Å². The molecule has 0 aliphatic carbocycles. The zero-order valence-corrected chi connectivity index (χ0v) is 19.3. The van der Waals surface area contributed by atoms with Gasteiger partial charge in [-0.05, 0) is 55.2 Å². The molecule has 3 heterocycles. The standard InChI is InChI=1S/C27H25N7O/c1-3-23(35)14-18-12-19(15-21(13-18)28-2)25-24-17-29-33-26(24)32-27(31-25)30-20-8-7-9-22(16-20)34-10-5-4-6-11-34/h3,7-9,12-13,15-17H,1,4-6,10-11,14H2,(H2,29,30,31,32,33). The van der Waals surface area contributed by atoms with Crippen LogP contribution in [0.5, 0.6) is 0 Å². The van der Waals surface area contributed by atoms with Crippen molar-refractivity contribution >= 4 is 39.8 Å². The Bertz CT molecular complexity index is 1440. The first-order chi connectivity index (χ1) is 17.1. The van der Waals surface area contributed by atoms with Crippen molar-refractivity contribution in [2.45, 2.75) is 25.7 Å². The molecule has 174 valence electrons. The summed E-state index contributed by atoms with van der Waals surface area (Å²) in [5, 5.41) is 11.1. The zero-order chi connectivity index (χ0) is 24.2. The summed E-state index contributed by atoms with van der Waals surface area (Å²) in [6.45, 7) is 13.2.